The van der Waals surface area contributed by atoms with E-state index >= 15 is 0 Å². The number of carboxylic acid groups (broad SMARTS) is 1. The molecule has 16 heavy (non-hydrogen) atoms. The topological polar surface area (TPSA) is 49.3 Å². The van der Waals surface area contributed by atoms with Gasteiger partial charge in [-0.15, -0.1) is 11.8 Å². The fourth-order valence-electron chi connectivity index (χ4n) is 1.47. The molecule has 3 nitrogen and oxygen atoms in total. The van der Waals surface area contributed by atoms with Crippen LogP contribution in [0.4, 0.5) is 5.69 Å². The number of aromatic carboxylic acids is 1. The van der Waals surface area contributed by atoms with Crippen LogP contribution in [0.25, 0.3) is 0 Å². The van der Waals surface area contributed by atoms with E-state index in [1.165, 1.54) is 11.8 Å². The van der Waals surface area contributed by atoms with Crippen molar-refractivity contribution in [1.82, 2.24) is 0 Å². The van der Waals surface area contributed by atoms with Crippen LogP contribution < -0.4 is 5.32 Å². The molecule has 88 valence electrons. The smallest absolute Gasteiger partial charge is 0.338 e. The predicted octanol–water partition coefficient (Wildman–Crippen LogP) is 3.32. The van der Waals surface area contributed by atoms with E-state index in [1.54, 1.807) is 0 Å². The maximum absolute atomic E-state index is 11.2. The molecule has 0 radical (unpaired) electrons. The van der Waals surface area contributed by atoms with Gasteiger partial charge >= 0.3 is 5.97 Å². The summed E-state index contributed by atoms with van der Waals surface area (Å²) in [5.74, 6) is -0.871. The Morgan fingerprint density at radius 3 is 2.81 bits per heavy atom. The SMILES string of the molecule is CCCCNc1cccc(SC)c1C(=O)O. The maximum atomic E-state index is 11.2. The summed E-state index contributed by atoms with van der Waals surface area (Å²) in [7, 11) is 0. The van der Waals surface area contributed by atoms with E-state index in [-0.39, 0.29) is 0 Å². The van der Waals surface area contributed by atoms with Crippen molar-refractivity contribution >= 4 is 23.4 Å². The lowest BCUT2D eigenvalue weighted by molar-refractivity contribution is 0.0694. The third kappa shape index (κ3) is 3.17. The van der Waals surface area contributed by atoms with Gasteiger partial charge in [-0.2, -0.15) is 0 Å². The van der Waals surface area contributed by atoms with Crippen molar-refractivity contribution in [3.8, 4) is 0 Å². The zero-order valence-electron chi connectivity index (χ0n) is 9.62. The average molecular weight is 239 g/mol. The van der Waals surface area contributed by atoms with Crippen LogP contribution >= 0.6 is 11.8 Å². The summed E-state index contributed by atoms with van der Waals surface area (Å²) in [5, 5.41) is 12.4. The van der Waals surface area contributed by atoms with Crippen molar-refractivity contribution in [1.29, 1.82) is 0 Å². The highest BCUT2D eigenvalue weighted by atomic mass is 32.2. The lowest BCUT2D eigenvalue weighted by Gasteiger charge is -2.11. The molecule has 0 aliphatic rings. The number of carboxylic acids is 1. The van der Waals surface area contributed by atoms with Crippen molar-refractivity contribution in [2.75, 3.05) is 18.1 Å². The molecule has 0 bridgehead atoms. The molecule has 0 amide bonds. The number of benzene rings is 1. The molecular formula is C12H17NO2S. The Balaban J connectivity index is 2.93. The zero-order chi connectivity index (χ0) is 12.0. The van der Waals surface area contributed by atoms with E-state index in [0.717, 1.165) is 24.3 Å². The van der Waals surface area contributed by atoms with Crippen LogP contribution in [0, 0.1) is 0 Å². The van der Waals surface area contributed by atoms with Crippen molar-refractivity contribution < 1.29 is 9.90 Å². The Bertz CT molecular complexity index is 366. The largest absolute Gasteiger partial charge is 0.478 e. The van der Waals surface area contributed by atoms with Crippen molar-refractivity contribution in [3.05, 3.63) is 23.8 Å². The van der Waals surface area contributed by atoms with Crippen molar-refractivity contribution in [3.63, 3.8) is 0 Å². The first kappa shape index (κ1) is 12.9. The molecule has 0 fully saturated rings. The van der Waals surface area contributed by atoms with Gasteiger partial charge in [0.2, 0.25) is 0 Å². The van der Waals surface area contributed by atoms with Gasteiger partial charge in [0.25, 0.3) is 0 Å². The Kier molecular flexibility index (Phi) is 5.19. The molecule has 0 saturated heterocycles. The Labute approximate surface area is 100 Å². The first-order valence-corrected chi connectivity index (χ1v) is 6.57. The van der Waals surface area contributed by atoms with Gasteiger partial charge in [0.05, 0.1) is 5.56 Å². The molecule has 0 atom stereocenters. The number of thioether (sulfide) groups is 1. The predicted molar refractivity (Wildman–Crippen MR) is 68.6 cm³/mol. The van der Waals surface area contributed by atoms with E-state index in [4.69, 9.17) is 0 Å². The van der Waals surface area contributed by atoms with Gasteiger partial charge in [0.15, 0.2) is 0 Å². The molecule has 0 unspecified atom stereocenters. The van der Waals surface area contributed by atoms with Crippen LogP contribution in [-0.2, 0) is 0 Å². The molecule has 0 aliphatic carbocycles. The Morgan fingerprint density at radius 2 is 2.25 bits per heavy atom. The van der Waals surface area contributed by atoms with Gasteiger partial charge < -0.3 is 10.4 Å². The molecule has 1 rings (SSSR count). The molecule has 0 heterocycles. The molecule has 1 aromatic carbocycles. The number of hydrogen-bond donors (Lipinski definition) is 2. The minimum absolute atomic E-state index is 0.381. The van der Waals surface area contributed by atoms with E-state index in [9.17, 15) is 9.90 Å². The minimum atomic E-state index is -0.871. The lowest BCUT2D eigenvalue weighted by atomic mass is 10.1. The molecule has 2 N–H and O–H groups in total. The Morgan fingerprint density at radius 1 is 1.50 bits per heavy atom. The van der Waals surface area contributed by atoms with Gasteiger partial charge in [-0.25, -0.2) is 4.79 Å². The summed E-state index contributed by atoms with van der Waals surface area (Å²) in [5.41, 5.74) is 1.10. The van der Waals surface area contributed by atoms with Gasteiger partial charge in [0.1, 0.15) is 0 Å². The van der Waals surface area contributed by atoms with Gasteiger partial charge in [0, 0.05) is 17.1 Å². The van der Waals surface area contributed by atoms with Crippen LogP contribution in [0.5, 0.6) is 0 Å². The highest BCUT2D eigenvalue weighted by molar-refractivity contribution is 7.98. The Hall–Kier alpha value is -1.16. The fourth-order valence-corrected chi connectivity index (χ4v) is 2.09. The number of anilines is 1. The highest BCUT2D eigenvalue weighted by Crippen LogP contribution is 2.27. The van der Waals surface area contributed by atoms with Gasteiger partial charge in [-0.1, -0.05) is 19.4 Å². The molecule has 0 aliphatic heterocycles. The van der Waals surface area contributed by atoms with Gasteiger partial charge in [-0.3, -0.25) is 0 Å². The van der Waals surface area contributed by atoms with Crippen LogP contribution in [0.3, 0.4) is 0 Å². The van der Waals surface area contributed by atoms with E-state index in [2.05, 4.69) is 12.2 Å². The van der Waals surface area contributed by atoms with Gasteiger partial charge in [-0.05, 0) is 24.8 Å². The monoisotopic (exact) mass is 239 g/mol. The first-order chi connectivity index (χ1) is 7.70. The summed E-state index contributed by atoms with van der Waals surface area (Å²) >= 11 is 1.46. The van der Waals surface area contributed by atoms with Crippen LogP contribution in [0.15, 0.2) is 23.1 Å². The third-order valence-electron chi connectivity index (χ3n) is 2.31. The second-order valence-corrected chi connectivity index (χ2v) is 4.32. The maximum Gasteiger partial charge on any atom is 0.338 e. The average Bonchev–Trinajstić information content (AvgIpc) is 2.28. The van der Waals surface area contributed by atoms with Crippen molar-refractivity contribution in [2.45, 2.75) is 24.7 Å². The van der Waals surface area contributed by atoms with E-state index in [0.29, 0.717) is 11.3 Å². The lowest BCUT2D eigenvalue weighted by Crippen LogP contribution is -2.08. The second-order valence-electron chi connectivity index (χ2n) is 3.47. The number of carbonyl (C=O) groups is 1. The zero-order valence-corrected chi connectivity index (χ0v) is 10.4. The minimum Gasteiger partial charge on any atom is -0.478 e. The fraction of sp³-hybridized carbons (Fsp3) is 0.417. The number of unbranched alkanes of at least 4 members (excludes halogenated alkanes) is 1. The first-order valence-electron chi connectivity index (χ1n) is 5.34. The molecule has 0 saturated carbocycles. The molecular weight excluding hydrogens is 222 g/mol. The summed E-state index contributed by atoms with van der Waals surface area (Å²) in [4.78, 5) is 12.0. The van der Waals surface area contributed by atoms with E-state index < -0.39 is 5.97 Å². The summed E-state index contributed by atoms with van der Waals surface area (Å²) < 4.78 is 0. The number of nitrogens with one attached hydrogen (secondary N) is 1. The normalized spacial score (nSPS) is 10.1. The summed E-state index contributed by atoms with van der Waals surface area (Å²) in [6.07, 6.45) is 4.03. The van der Waals surface area contributed by atoms with E-state index in [1.807, 2.05) is 24.5 Å². The highest BCUT2D eigenvalue weighted by Gasteiger charge is 2.14. The second kappa shape index (κ2) is 6.43. The standard InChI is InChI=1S/C12H17NO2S/c1-3-4-8-13-9-6-5-7-10(16-2)11(9)12(14)15/h5-7,13H,3-4,8H2,1-2H3,(H,14,15). The molecule has 1 aromatic rings. The number of rotatable bonds is 6. The van der Waals surface area contributed by atoms with Crippen LogP contribution in [0.2, 0.25) is 0 Å². The van der Waals surface area contributed by atoms with Crippen LogP contribution in [0.1, 0.15) is 30.1 Å². The summed E-state index contributed by atoms with van der Waals surface area (Å²) in [6.45, 7) is 2.92. The quantitative estimate of drug-likeness (QED) is 0.590. The molecule has 0 spiro atoms. The van der Waals surface area contributed by atoms with Crippen LogP contribution in [-0.4, -0.2) is 23.9 Å². The molecule has 0 aromatic heterocycles. The summed E-state index contributed by atoms with van der Waals surface area (Å²) in [6, 6.07) is 5.53. The third-order valence-corrected chi connectivity index (χ3v) is 3.09. The number of hydrogen-bond acceptors (Lipinski definition) is 3. The molecule has 4 heteroatoms. The van der Waals surface area contributed by atoms with Crippen molar-refractivity contribution in [2.24, 2.45) is 0 Å².